The number of rotatable bonds is 7. The number of hydrogen-bond acceptors (Lipinski definition) is 5. The fraction of sp³-hybridized carbons (Fsp3) is 0.364. The fourth-order valence-electron chi connectivity index (χ4n) is 3.99. The molecule has 1 fully saturated rings. The molecule has 0 aromatic heterocycles. The lowest BCUT2D eigenvalue weighted by atomic mass is 9.83. The van der Waals surface area contributed by atoms with Crippen LogP contribution in [0.3, 0.4) is 0 Å². The van der Waals surface area contributed by atoms with Gasteiger partial charge in [0.1, 0.15) is 17.4 Å². The van der Waals surface area contributed by atoms with Gasteiger partial charge in [0.15, 0.2) is 0 Å². The second-order valence-corrected chi connectivity index (χ2v) is 7.38. The number of methoxy groups -OCH3 is 1. The van der Waals surface area contributed by atoms with Gasteiger partial charge in [-0.1, -0.05) is 43.5 Å². The Balaban J connectivity index is 1.91. The van der Waals surface area contributed by atoms with Gasteiger partial charge < -0.3 is 15.2 Å². The van der Waals surface area contributed by atoms with E-state index in [1.54, 1.807) is 30.3 Å². The van der Waals surface area contributed by atoms with Crippen LogP contribution < -0.4 is 10.1 Å². The summed E-state index contributed by atoms with van der Waals surface area (Å²) in [4.78, 5) is 35.6. The number of nitrogens with one attached hydrogen (secondary N) is 1. The topological polar surface area (TPSA) is 119 Å². The third kappa shape index (κ3) is 4.59. The molecule has 1 saturated carbocycles. The smallest absolute Gasteiger partial charge is 0.326 e. The standard InChI is InChI=1S/C22H24N2O6/c1-30-19-10-6-5-9-16(19)15-11-12-17(18(13-15)24(28)29)21(25)23-20(22(26)27)14-7-3-2-4-8-14/h5-6,9-14,20H,2-4,7-8H2,1H3,(H,23,25)(H,26,27)/t20-/m0/s1. The van der Waals surface area contributed by atoms with Crippen molar-refractivity contribution in [1.82, 2.24) is 5.32 Å². The highest BCUT2D eigenvalue weighted by Crippen LogP contribution is 2.33. The van der Waals surface area contributed by atoms with Crippen LogP contribution in [0, 0.1) is 16.0 Å². The van der Waals surface area contributed by atoms with E-state index in [1.807, 2.05) is 0 Å². The van der Waals surface area contributed by atoms with Crippen LogP contribution in [0.4, 0.5) is 5.69 Å². The molecular weight excluding hydrogens is 388 g/mol. The highest BCUT2D eigenvalue weighted by molar-refractivity contribution is 6.00. The predicted molar refractivity (Wildman–Crippen MR) is 111 cm³/mol. The van der Waals surface area contributed by atoms with E-state index in [0.29, 0.717) is 29.7 Å². The summed E-state index contributed by atoms with van der Waals surface area (Å²) in [5.74, 6) is -1.51. The molecule has 1 atom stereocenters. The number of nitro groups is 1. The van der Waals surface area contributed by atoms with Crippen LogP contribution in [0.2, 0.25) is 0 Å². The van der Waals surface area contributed by atoms with Gasteiger partial charge >= 0.3 is 5.97 Å². The van der Waals surface area contributed by atoms with Gasteiger partial charge in [0.25, 0.3) is 11.6 Å². The van der Waals surface area contributed by atoms with Crippen molar-refractivity contribution in [1.29, 1.82) is 0 Å². The van der Waals surface area contributed by atoms with Gasteiger partial charge in [-0.15, -0.1) is 0 Å². The maximum atomic E-state index is 12.8. The van der Waals surface area contributed by atoms with Crippen LogP contribution in [0.25, 0.3) is 11.1 Å². The quantitative estimate of drug-likeness (QED) is 0.523. The maximum Gasteiger partial charge on any atom is 0.326 e. The fourth-order valence-corrected chi connectivity index (χ4v) is 3.99. The zero-order chi connectivity index (χ0) is 21.7. The van der Waals surface area contributed by atoms with Crippen molar-refractivity contribution in [2.75, 3.05) is 7.11 Å². The van der Waals surface area contributed by atoms with E-state index < -0.39 is 22.8 Å². The van der Waals surface area contributed by atoms with Gasteiger partial charge in [-0.2, -0.15) is 0 Å². The number of benzene rings is 2. The molecule has 0 saturated heterocycles. The van der Waals surface area contributed by atoms with E-state index in [4.69, 9.17) is 4.74 Å². The van der Waals surface area contributed by atoms with Crippen LogP contribution in [-0.4, -0.2) is 35.1 Å². The second-order valence-electron chi connectivity index (χ2n) is 7.38. The lowest BCUT2D eigenvalue weighted by molar-refractivity contribution is -0.385. The third-order valence-electron chi connectivity index (χ3n) is 5.53. The number of nitrogens with zero attached hydrogens (tertiary/aromatic N) is 1. The molecule has 1 aliphatic rings. The van der Waals surface area contributed by atoms with E-state index >= 15 is 0 Å². The SMILES string of the molecule is COc1ccccc1-c1ccc(C(=O)N[C@H](C(=O)O)C2CCCCC2)c([N+](=O)[O-])c1. The Morgan fingerprint density at radius 1 is 1.17 bits per heavy atom. The molecule has 8 heteroatoms. The molecule has 8 nitrogen and oxygen atoms in total. The van der Waals surface area contributed by atoms with Gasteiger partial charge in [-0.3, -0.25) is 14.9 Å². The zero-order valence-corrected chi connectivity index (χ0v) is 16.7. The first-order valence-electron chi connectivity index (χ1n) is 9.88. The number of carbonyl (C=O) groups is 2. The Hall–Kier alpha value is -3.42. The highest BCUT2D eigenvalue weighted by Gasteiger charge is 2.32. The van der Waals surface area contributed by atoms with Gasteiger partial charge in [0.2, 0.25) is 0 Å². The van der Waals surface area contributed by atoms with E-state index in [1.165, 1.54) is 19.2 Å². The average molecular weight is 412 g/mol. The van der Waals surface area contributed by atoms with Crippen molar-refractivity contribution < 1.29 is 24.4 Å². The van der Waals surface area contributed by atoms with Crippen molar-refractivity contribution in [3.8, 4) is 16.9 Å². The minimum absolute atomic E-state index is 0.166. The Kier molecular flexibility index (Phi) is 6.66. The molecule has 158 valence electrons. The molecule has 2 aromatic rings. The molecule has 0 aliphatic heterocycles. The minimum atomic E-state index is -1.12. The Morgan fingerprint density at radius 3 is 2.50 bits per heavy atom. The lowest BCUT2D eigenvalue weighted by Crippen LogP contribution is -2.46. The number of carbonyl (C=O) groups excluding carboxylic acids is 1. The Labute approximate surface area is 174 Å². The minimum Gasteiger partial charge on any atom is -0.496 e. The van der Waals surface area contributed by atoms with Crippen molar-refractivity contribution >= 4 is 17.6 Å². The van der Waals surface area contributed by atoms with Crippen molar-refractivity contribution in [2.24, 2.45) is 5.92 Å². The molecule has 0 spiro atoms. The molecule has 0 radical (unpaired) electrons. The van der Waals surface area contributed by atoms with Crippen LogP contribution >= 0.6 is 0 Å². The summed E-state index contributed by atoms with van der Waals surface area (Å²) in [7, 11) is 1.51. The van der Waals surface area contributed by atoms with Crippen LogP contribution in [-0.2, 0) is 4.79 Å². The summed E-state index contributed by atoms with van der Waals surface area (Å²) >= 11 is 0. The summed E-state index contributed by atoms with van der Waals surface area (Å²) in [6.07, 6.45) is 4.31. The van der Waals surface area contributed by atoms with Crippen molar-refractivity contribution in [3.05, 3.63) is 58.1 Å². The summed E-state index contributed by atoms with van der Waals surface area (Å²) in [6.45, 7) is 0. The summed E-state index contributed by atoms with van der Waals surface area (Å²) in [5.41, 5.74) is 0.628. The number of para-hydroxylation sites is 1. The molecule has 2 N–H and O–H groups in total. The van der Waals surface area contributed by atoms with E-state index in [0.717, 1.165) is 19.3 Å². The molecule has 2 aromatic carbocycles. The average Bonchev–Trinajstić information content (AvgIpc) is 2.77. The second kappa shape index (κ2) is 9.39. The van der Waals surface area contributed by atoms with Crippen molar-refractivity contribution in [3.63, 3.8) is 0 Å². The largest absolute Gasteiger partial charge is 0.496 e. The van der Waals surface area contributed by atoms with E-state index in [9.17, 15) is 24.8 Å². The van der Waals surface area contributed by atoms with Crippen LogP contribution in [0.5, 0.6) is 5.75 Å². The first-order valence-corrected chi connectivity index (χ1v) is 9.88. The van der Waals surface area contributed by atoms with Gasteiger partial charge in [0.05, 0.1) is 12.0 Å². The third-order valence-corrected chi connectivity index (χ3v) is 5.53. The summed E-state index contributed by atoms with van der Waals surface area (Å²) < 4.78 is 5.31. The lowest BCUT2D eigenvalue weighted by Gasteiger charge is -2.28. The van der Waals surface area contributed by atoms with Gasteiger partial charge in [-0.05, 0) is 36.5 Å². The summed E-state index contributed by atoms with van der Waals surface area (Å²) in [5, 5.41) is 23.8. The molecule has 1 amide bonds. The Bertz CT molecular complexity index is 952. The summed E-state index contributed by atoms with van der Waals surface area (Å²) in [6, 6.07) is 10.3. The zero-order valence-electron chi connectivity index (χ0n) is 16.7. The first kappa shape index (κ1) is 21.3. The number of ether oxygens (including phenoxy) is 1. The molecule has 0 unspecified atom stereocenters. The molecule has 30 heavy (non-hydrogen) atoms. The molecule has 0 heterocycles. The molecule has 0 bridgehead atoms. The van der Waals surface area contributed by atoms with E-state index in [-0.39, 0.29) is 17.2 Å². The number of hydrogen-bond donors (Lipinski definition) is 2. The van der Waals surface area contributed by atoms with Crippen LogP contribution in [0.1, 0.15) is 42.5 Å². The monoisotopic (exact) mass is 412 g/mol. The number of amides is 1. The number of carboxylic acid groups (broad SMARTS) is 1. The predicted octanol–water partition coefficient (Wildman–Crippen LogP) is 4.03. The number of nitro benzene ring substituents is 1. The molecule has 3 rings (SSSR count). The highest BCUT2D eigenvalue weighted by atomic mass is 16.6. The number of carboxylic acids is 1. The van der Waals surface area contributed by atoms with Crippen molar-refractivity contribution in [2.45, 2.75) is 38.1 Å². The normalized spacial score (nSPS) is 15.2. The van der Waals surface area contributed by atoms with Gasteiger partial charge in [-0.25, -0.2) is 4.79 Å². The van der Waals surface area contributed by atoms with E-state index in [2.05, 4.69) is 5.32 Å². The molecular formula is C22H24N2O6. The number of aliphatic carboxylic acids is 1. The van der Waals surface area contributed by atoms with Gasteiger partial charge in [0, 0.05) is 11.6 Å². The van der Waals surface area contributed by atoms with Crippen LogP contribution in [0.15, 0.2) is 42.5 Å². The Morgan fingerprint density at radius 2 is 1.87 bits per heavy atom. The first-order chi connectivity index (χ1) is 14.4. The maximum absolute atomic E-state index is 12.8. The molecule has 1 aliphatic carbocycles.